The van der Waals surface area contributed by atoms with Crippen LogP contribution in [0.1, 0.15) is 59.3 Å². The topological polar surface area (TPSA) is 72.2 Å². The lowest BCUT2D eigenvalue weighted by Gasteiger charge is -2.21. The number of carbonyl (C=O) groups excluding carboxylic acids is 1. The summed E-state index contributed by atoms with van der Waals surface area (Å²) >= 11 is 0. The van der Waals surface area contributed by atoms with E-state index in [2.05, 4.69) is 23.5 Å². The monoisotopic (exact) mass is 338 g/mol. The lowest BCUT2D eigenvalue weighted by Crippen LogP contribution is -2.28. The van der Waals surface area contributed by atoms with Crippen molar-refractivity contribution < 1.29 is 9.72 Å². The average molecular weight is 338 g/mol. The molecule has 2 aromatic carbocycles. The Hall–Kier alpha value is -2.69. The minimum absolute atomic E-state index is 0.0155. The Morgan fingerprint density at radius 1 is 1.12 bits per heavy atom. The standard InChI is InChI=1S/C20H22N2O3/c1-2-19(17-8-7-14-5-3-4-6-16(14)13-17)21-20(23)15-9-11-18(12-10-15)22(24)25/h7-13,19H,2-6H2,1H3,(H,21,23)/t19-/m1/s1. The van der Waals surface area contributed by atoms with Crippen LogP contribution in [-0.2, 0) is 12.8 Å². The SMILES string of the molecule is CC[C@@H](NC(=O)c1ccc([N+](=O)[O-])cc1)c1ccc2c(c1)CCCC2. The first-order valence-electron chi connectivity index (χ1n) is 8.75. The molecular formula is C20H22N2O3. The Kier molecular flexibility index (Phi) is 5.12. The normalized spacial score (nSPS) is 14.4. The summed E-state index contributed by atoms with van der Waals surface area (Å²) in [5, 5.41) is 13.8. The third-order valence-corrected chi connectivity index (χ3v) is 4.83. The Morgan fingerprint density at radius 2 is 1.80 bits per heavy atom. The average Bonchev–Trinajstić information content (AvgIpc) is 2.65. The fraction of sp³-hybridized carbons (Fsp3) is 0.350. The van der Waals surface area contributed by atoms with Crippen molar-refractivity contribution in [2.45, 2.75) is 45.1 Å². The molecule has 0 aromatic heterocycles. The smallest absolute Gasteiger partial charge is 0.269 e. The summed E-state index contributed by atoms with van der Waals surface area (Å²) in [6, 6.07) is 12.1. The largest absolute Gasteiger partial charge is 0.345 e. The third kappa shape index (κ3) is 3.87. The van der Waals surface area contributed by atoms with Gasteiger partial charge in [-0.1, -0.05) is 25.1 Å². The summed E-state index contributed by atoms with van der Waals surface area (Å²) in [6.07, 6.45) is 5.51. The second-order valence-corrected chi connectivity index (χ2v) is 6.47. The van der Waals surface area contributed by atoms with Crippen molar-refractivity contribution in [1.29, 1.82) is 0 Å². The van der Waals surface area contributed by atoms with Crippen molar-refractivity contribution in [3.63, 3.8) is 0 Å². The molecule has 0 saturated carbocycles. The molecule has 0 bridgehead atoms. The number of non-ortho nitro benzene ring substituents is 1. The number of amides is 1. The molecule has 0 unspecified atom stereocenters. The number of nitrogens with zero attached hydrogens (tertiary/aromatic N) is 1. The van der Waals surface area contributed by atoms with Gasteiger partial charge in [-0.15, -0.1) is 0 Å². The Morgan fingerprint density at radius 3 is 2.44 bits per heavy atom. The molecule has 1 amide bonds. The summed E-state index contributed by atoms with van der Waals surface area (Å²) in [6.45, 7) is 2.04. The lowest BCUT2D eigenvalue weighted by molar-refractivity contribution is -0.384. The van der Waals surface area contributed by atoms with Gasteiger partial charge < -0.3 is 5.32 Å². The van der Waals surface area contributed by atoms with Gasteiger partial charge in [0.15, 0.2) is 0 Å². The van der Waals surface area contributed by atoms with E-state index in [1.165, 1.54) is 48.2 Å². The maximum Gasteiger partial charge on any atom is 0.269 e. The first-order valence-corrected chi connectivity index (χ1v) is 8.75. The van der Waals surface area contributed by atoms with E-state index in [4.69, 9.17) is 0 Å². The van der Waals surface area contributed by atoms with Gasteiger partial charge in [-0.05, 0) is 60.9 Å². The van der Waals surface area contributed by atoms with Crippen molar-refractivity contribution in [1.82, 2.24) is 5.32 Å². The summed E-state index contributed by atoms with van der Waals surface area (Å²) in [4.78, 5) is 22.7. The Labute approximate surface area is 147 Å². The number of carbonyl (C=O) groups is 1. The van der Waals surface area contributed by atoms with Crippen molar-refractivity contribution >= 4 is 11.6 Å². The number of hydrogen-bond donors (Lipinski definition) is 1. The second kappa shape index (κ2) is 7.47. The molecule has 1 aliphatic carbocycles. The number of fused-ring (bicyclic) bond motifs is 1. The van der Waals surface area contributed by atoms with E-state index in [9.17, 15) is 14.9 Å². The molecule has 1 N–H and O–H groups in total. The molecule has 0 aliphatic heterocycles. The van der Waals surface area contributed by atoms with Crippen LogP contribution in [0.3, 0.4) is 0 Å². The van der Waals surface area contributed by atoms with Crippen LogP contribution in [-0.4, -0.2) is 10.8 Å². The van der Waals surface area contributed by atoms with E-state index in [0.29, 0.717) is 5.56 Å². The van der Waals surface area contributed by atoms with Crippen LogP contribution in [0.5, 0.6) is 0 Å². The highest BCUT2D eigenvalue weighted by Gasteiger charge is 2.17. The van der Waals surface area contributed by atoms with Crippen LogP contribution >= 0.6 is 0 Å². The molecule has 1 aliphatic rings. The molecule has 3 rings (SSSR count). The second-order valence-electron chi connectivity index (χ2n) is 6.47. The van der Waals surface area contributed by atoms with Crippen LogP contribution in [0.4, 0.5) is 5.69 Å². The van der Waals surface area contributed by atoms with Gasteiger partial charge in [0.2, 0.25) is 0 Å². The van der Waals surface area contributed by atoms with E-state index in [1.807, 2.05) is 6.92 Å². The number of rotatable bonds is 5. The van der Waals surface area contributed by atoms with Gasteiger partial charge in [-0.25, -0.2) is 0 Å². The zero-order valence-electron chi connectivity index (χ0n) is 14.3. The highest BCUT2D eigenvalue weighted by molar-refractivity contribution is 5.94. The molecule has 0 radical (unpaired) electrons. The van der Waals surface area contributed by atoms with Gasteiger partial charge in [0.05, 0.1) is 11.0 Å². The molecule has 5 heteroatoms. The van der Waals surface area contributed by atoms with Crippen LogP contribution < -0.4 is 5.32 Å². The maximum absolute atomic E-state index is 12.5. The number of nitro benzene ring substituents is 1. The molecule has 5 nitrogen and oxygen atoms in total. The first-order chi connectivity index (χ1) is 12.1. The Balaban J connectivity index is 1.75. The fourth-order valence-electron chi connectivity index (χ4n) is 3.37. The zero-order valence-corrected chi connectivity index (χ0v) is 14.3. The van der Waals surface area contributed by atoms with Crippen LogP contribution in [0.15, 0.2) is 42.5 Å². The summed E-state index contributed by atoms with van der Waals surface area (Å²) in [7, 11) is 0. The van der Waals surface area contributed by atoms with Gasteiger partial charge in [-0.2, -0.15) is 0 Å². The quantitative estimate of drug-likeness (QED) is 0.650. The number of nitrogens with one attached hydrogen (secondary N) is 1. The molecular weight excluding hydrogens is 316 g/mol. The molecule has 1 atom stereocenters. The molecule has 0 saturated heterocycles. The van der Waals surface area contributed by atoms with E-state index in [0.717, 1.165) is 24.8 Å². The van der Waals surface area contributed by atoms with Crippen LogP contribution in [0, 0.1) is 10.1 Å². The summed E-state index contributed by atoms with van der Waals surface area (Å²) in [5.41, 5.74) is 4.36. The van der Waals surface area contributed by atoms with Gasteiger partial charge in [0.1, 0.15) is 0 Å². The molecule has 0 heterocycles. The molecule has 25 heavy (non-hydrogen) atoms. The Bertz CT molecular complexity index is 784. The fourth-order valence-corrected chi connectivity index (χ4v) is 3.37. The highest BCUT2D eigenvalue weighted by Crippen LogP contribution is 2.26. The van der Waals surface area contributed by atoms with Crippen molar-refractivity contribution in [2.24, 2.45) is 0 Å². The number of aryl methyl sites for hydroxylation is 2. The van der Waals surface area contributed by atoms with Crippen molar-refractivity contribution in [3.05, 3.63) is 74.8 Å². The summed E-state index contributed by atoms with van der Waals surface area (Å²) in [5.74, 6) is -0.209. The molecule has 130 valence electrons. The highest BCUT2D eigenvalue weighted by atomic mass is 16.6. The van der Waals surface area contributed by atoms with E-state index >= 15 is 0 Å². The van der Waals surface area contributed by atoms with Crippen molar-refractivity contribution in [3.8, 4) is 0 Å². The third-order valence-electron chi connectivity index (χ3n) is 4.83. The number of nitro groups is 1. The van der Waals surface area contributed by atoms with Gasteiger partial charge in [-0.3, -0.25) is 14.9 Å². The predicted octanol–water partition coefficient (Wildman–Crippen LogP) is 4.35. The van der Waals surface area contributed by atoms with Crippen molar-refractivity contribution in [2.75, 3.05) is 0 Å². The van der Waals surface area contributed by atoms with E-state index in [1.54, 1.807) is 0 Å². The molecule has 0 fully saturated rings. The van der Waals surface area contributed by atoms with Gasteiger partial charge in [0, 0.05) is 17.7 Å². The van der Waals surface area contributed by atoms with Crippen LogP contribution in [0.2, 0.25) is 0 Å². The van der Waals surface area contributed by atoms with Gasteiger partial charge >= 0.3 is 0 Å². The maximum atomic E-state index is 12.5. The predicted molar refractivity (Wildman–Crippen MR) is 96.7 cm³/mol. The molecule has 0 spiro atoms. The zero-order chi connectivity index (χ0) is 17.8. The minimum atomic E-state index is -0.469. The minimum Gasteiger partial charge on any atom is -0.345 e. The van der Waals surface area contributed by atoms with Crippen LogP contribution in [0.25, 0.3) is 0 Å². The molecule has 2 aromatic rings. The first kappa shape index (κ1) is 17.1. The summed E-state index contributed by atoms with van der Waals surface area (Å²) < 4.78 is 0. The number of hydrogen-bond acceptors (Lipinski definition) is 3. The number of benzene rings is 2. The van der Waals surface area contributed by atoms with Gasteiger partial charge in [0.25, 0.3) is 11.6 Å². The van der Waals surface area contributed by atoms with E-state index < -0.39 is 4.92 Å². The lowest BCUT2D eigenvalue weighted by atomic mass is 9.88. The van der Waals surface area contributed by atoms with E-state index in [-0.39, 0.29) is 17.6 Å².